The highest BCUT2D eigenvalue weighted by Crippen LogP contribution is 2.19. The van der Waals surface area contributed by atoms with E-state index in [0.717, 1.165) is 6.42 Å². The van der Waals surface area contributed by atoms with Crippen LogP contribution in [0.1, 0.15) is 32.1 Å². The van der Waals surface area contributed by atoms with Crippen LogP contribution in [-0.2, 0) is 4.74 Å². The molecule has 66 valence electrons. The molecule has 0 saturated carbocycles. The van der Waals surface area contributed by atoms with Crippen molar-refractivity contribution >= 4 is 0 Å². The van der Waals surface area contributed by atoms with E-state index in [2.05, 4.69) is 17.9 Å². The molecule has 0 fully saturated rings. The summed E-state index contributed by atoms with van der Waals surface area (Å²) in [5, 5.41) is 0. The Hall–Kier alpha value is -0.740. The van der Waals surface area contributed by atoms with E-state index < -0.39 is 0 Å². The van der Waals surface area contributed by atoms with Gasteiger partial charge in [0.05, 0.1) is 0 Å². The zero-order valence-corrected chi connectivity index (χ0v) is 7.73. The van der Waals surface area contributed by atoms with Crippen LogP contribution in [0.25, 0.3) is 0 Å². The second-order valence-corrected chi connectivity index (χ2v) is 3.07. The molecule has 0 aliphatic heterocycles. The standard InChI is InChI=1S/C11H16O/c1-12-10-6-5-9-11-7-3-2-4-8-11/h7H,2-4,8-10H2,1H3. The van der Waals surface area contributed by atoms with E-state index >= 15 is 0 Å². The lowest BCUT2D eigenvalue weighted by Gasteiger charge is -2.08. The van der Waals surface area contributed by atoms with E-state index in [-0.39, 0.29) is 0 Å². The molecule has 0 N–H and O–H groups in total. The topological polar surface area (TPSA) is 9.23 Å². The molecular formula is C11H16O. The lowest BCUT2D eigenvalue weighted by molar-refractivity contribution is 0.239. The third-order valence-corrected chi connectivity index (χ3v) is 2.04. The molecule has 1 nitrogen and oxygen atoms in total. The fraction of sp³-hybridized carbons (Fsp3) is 0.636. The molecule has 0 unspecified atom stereocenters. The molecule has 0 radical (unpaired) electrons. The Morgan fingerprint density at radius 3 is 3.00 bits per heavy atom. The Bertz CT molecular complexity index is 205. The third kappa shape index (κ3) is 3.59. The van der Waals surface area contributed by atoms with Crippen LogP contribution in [0.2, 0.25) is 0 Å². The summed E-state index contributed by atoms with van der Waals surface area (Å²) in [6, 6.07) is 0. The zero-order chi connectivity index (χ0) is 8.65. The summed E-state index contributed by atoms with van der Waals surface area (Å²) in [4.78, 5) is 0. The van der Waals surface area contributed by atoms with Crippen molar-refractivity contribution in [1.29, 1.82) is 0 Å². The summed E-state index contributed by atoms with van der Waals surface area (Å²) < 4.78 is 4.84. The Kier molecular flexibility index (Phi) is 4.56. The van der Waals surface area contributed by atoms with Gasteiger partial charge in [0.15, 0.2) is 0 Å². The maximum atomic E-state index is 4.84. The van der Waals surface area contributed by atoms with Gasteiger partial charge < -0.3 is 4.74 Å². The highest BCUT2D eigenvalue weighted by molar-refractivity contribution is 5.15. The Morgan fingerprint density at radius 1 is 1.42 bits per heavy atom. The van der Waals surface area contributed by atoms with Crippen molar-refractivity contribution < 1.29 is 4.74 Å². The highest BCUT2D eigenvalue weighted by atomic mass is 16.5. The van der Waals surface area contributed by atoms with Crippen LogP contribution in [0.15, 0.2) is 11.6 Å². The van der Waals surface area contributed by atoms with Crippen molar-refractivity contribution in [2.45, 2.75) is 32.1 Å². The minimum Gasteiger partial charge on any atom is -0.372 e. The van der Waals surface area contributed by atoms with Gasteiger partial charge in [-0.25, -0.2) is 0 Å². The molecular weight excluding hydrogens is 148 g/mol. The number of rotatable bonds is 2. The van der Waals surface area contributed by atoms with Crippen LogP contribution in [0.5, 0.6) is 0 Å². The summed E-state index contributed by atoms with van der Waals surface area (Å²) in [5.41, 5.74) is 1.52. The molecule has 0 aromatic carbocycles. The Labute approximate surface area is 74.8 Å². The van der Waals surface area contributed by atoms with Crippen molar-refractivity contribution in [3.63, 3.8) is 0 Å². The third-order valence-electron chi connectivity index (χ3n) is 2.04. The fourth-order valence-electron chi connectivity index (χ4n) is 1.36. The molecule has 0 spiro atoms. The second-order valence-electron chi connectivity index (χ2n) is 3.07. The van der Waals surface area contributed by atoms with Gasteiger partial charge in [0.1, 0.15) is 6.61 Å². The van der Waals surface area contributed by atoms with Crippen molar-refractivity contribution in [1.82, 2.24) is 0 Å². The molecule has 0 atom stereocenters. The van der Waals surface area contributed by atoms with Crippen molar-refractivity contribution in [3.05, 3.63) is 11.6 Å². The highest BCUT2D eigenvalue weighted by Gasteiger charge is 2.00. The van der Waals surface area contributed by atoms with Gasteiger partial charge in [-0.15, -0.1) is 0 Å². The quantitative estimate of drug-likeness (QED) is 0.450. The molecule has 0 amide bonds. The van der Waals surface area contributed by atoms with E-state index in [4.69, 9.17) is 4.74 Å². The van der Waals surface area contributed by atoms with Crippen molar-refractivity contribution in [2.75, 3.05) is 13.7 Å². The van der Waals surface area contributed by atoms with Gasteiger partial charge in [-0.2, -0.15) is 0 Å². The predicted molar refractivity (Wildman–Crippen MR) is 50.8 cm³/mol. The van der Waals surface area contributed by atoms with Gasteiger partial charge in [0.2, 0.25) is 0 Å². The first-order valence-electron chi connectivity index (χ1n) is 4.56. The van der Waals surface area contributed by atoms with Gasteiger partial charge in [-0.1, -0.05) is 23.5 Å². The lowest BCUT2D eigenvalue weighted by atomic mass is 9.97. The van der Waals surface area contributed by atoms with Gasteiger partial charge in [-0.3, -0.25) is 0 Å². The van der Waals surface area contributed by atoms with Gasteiger partial charge in [-0.05, 0) is 25.7 Å². The van der Waals surface area contributed by atoms with Gasteiger partial charge >= 0.3 is 0 Å². The number of ether oxygens (including phenoxy) is 1. The molecule has 1 rings (SSSR count). The average molecular weight is 164 g/mol. The number of methoxy groups -OCH3 is 1. The molecule has 0 aromatic heterocycles. The molecule has 0 saturated heterocycles. The second kappa shape index (κ2) is 5.85. The number of hydrogen-bond acceptors (Lipinski definition) is 1. The summed E-state index contributed by atoms with van der Waals surface area (Å²) in [7, 11) is 1.68. The van der Waals surface area contributed by atoms with Crippen LogP contribution in [0, 0.1) is 11.8 Å². The van der Waals surface area contributed by atoms with Crippen LogP contribution in [-0.4, -0.2) is 13.7 Å². The number of allylic oxidation sites excluding steroid dienone is 2. The molecule has 1 heteroatoms. The van der Waals surface area contributed by atoms with Gasteiger partial charge in [0, 0.05) is 13.5 Å². The first-order valence-corrected chi connectivity index (χ1v) is 4.56. The van der Waals surface area contributed by atoms with Gasteiger partial charge in [0.25, 0.3) is 0 Å². The molecule has 0 aromatic rings. The monoisotopic (exact) mass is 164 g/mol. The van der Waals surface area contributed by atoms with E-state index in [0.29, 0.717) is 6.61 Å². The van der Waals surface area contributed by atoms with Crippen molar-refractivity contribution in [3.8, 4) is 11.8 Å². The molecule has 1 aliphatic carbocycles. The summed E-state index contributed by atoms with van der Waals surface area (Å²) >= 11 is 0. The fourth-order valence-corrected chi connectivity index (χ4v) is 1.36. The summed E-state index contributed by atoms with van der Waals surface area (Å²) in [6.45, 7) is 0.563. The summed E-state index contributed by atoms with van der Waals surface area (Å²) in [5.74, 6) is 6.08. The molecule has 0 bridgehead atoms. The van der Waals surface area contributed by atoms with E-state index in [1.165, 1.54) is 31.3 Å². The maximum Gasteiger partial charge on any atom is 0.107 e. The van der Waals surface area contributed by atoms with Crippen LogP contribution in [0.4, 0.5) is 0 Å². The average Bonchev–Trinajstić information content (AvgIpc) is 2.14. The predicted octanol–water partition coefficient (Wildman–Crippen LogP) is 2.53. The Morgan fingerprint density at radius 2 is 2.33 bits per heavy atom. The number of hydrogen-bond donors (Lipinski definition) is 0. The van der Waals surface area contributed by atoms with Crippen molar-refractivity contribution in [2.24, 2.45) is 0 Å². The summed E-state index contributed by atoms with van der Waals surface area (Å²) in [6.07, 6.45) is 8.49. The minimum atomic E-state index is 0.563. The van der Waals surface area contributed by atoms with E-state index in [1.807, 2.05) is 0 Å². The first-order chi connectivity index (χ1) is 5.93. The zero-order valence-electron chi connectivity index (χ0n) is 7.73. The lowest BCUT2D eigenvalue weighted by Crippen LogP contribution is -1.90. The normalized spacial score (nSPS) is 16.2. The molecule has 12 heavy (non-hydrogen) atoms. The molecule has 1 aliphatic rings. The smallest absolute Gasteiger partial charge is 0.107 e. The Balaban J connectivity index is 2.22. The SMILES string of the molecule is COCC#CCC1=CCCCC1. The van der Waals surface area contributed by atoms with E-state index in [9.17, 15) is 0 Å². The molecule has 0 heterocycles. The largest absolute Gasteiger partial charge is 0.372 e. The van der Waals surface area contributed by atoms with E-state index in [1.54, 1.807) is 7.11 Å². The maximum absolute atomic E-state index is 4.84. The minimum absolute atomic E-state index is 0.563. The van der Waals surface area contributed by atoms with Crippen LogP contribution >= 0.6 is 0 Å². The van der Waals surface area contributed by atoms with Crippen LogP contribution < -0.4 is 0 Å². The first kappa shape index (κ1) is 9.35. The van der Waals surface area contributed by atoms with Crippen LogP contribution in [0.3, 0.4) is 0 Å².